The average Bonchev–Trinajstić information content (AvgIpc) is 2.15. The summed E-state index contributed by atoms with van der Waals surface area (Å²) in [7, 11) is 0. The zero-order valence-electron chi connectivity index (χ0n) is 8.89. The van der Waals surface area contributed by atoms with Gasteiger partial charge in [0.1, 0.15) is 5.75 Å². The lowest BCUT2D eigenvalue weighted by molar-refractivity contribution is -0.275. The molecule has 16 heavy (non-hydrogen) atoms. The number of alkyl halides is 3. The number of ketones is 1. The van der Waals surface area contributed by atoms with Crippen LogP contribution >= 0.6 is 0 Å². The molecule has 0 aliphatic heterocycles. The first kappa shape index (κ1) is 12.5. The third-order valence-corrected chi connectivity index (χ3v) is 2.07. The summed E-state index contributed by atoms with van der Waals surface area (Å²) in [5.41, 5.74) is 0.321. The Labute approximate surface area is 91.0 Å². The molecule has 0 N–H and O–H groups in total. The van der Waals surface area contributed by atoms with Gasteiger partial charge in [-0.2, -0.15) is 0 Å². The molecule has 0 saturated heterocycles. The predicted octanol–water partition coefficient (Wildman–Crippen LogP) is 3.35. The summed E-state index contributed by atoms with van der Waals surface area (Å²) in [6.45, 7) is 2.90. The van der Waals surface area contributed by atoms with Crippen LogP contribution in [0.3, 0.4) is 0 Å². The van der Waals surface area contributed by atoms with Crippen LogP contribution in [0.2, 0.25) is 0 Å². The number of Topliss-reactive ketones (excluding diaryl/α,β-unsaturated/α-hetero) is 1. The van der Waals surface area contributed by atoms with Crippen LogP contribution in [0.15, 0.2) is 18.2 Å². The Morgan fingerprint density at radius 3 is 2.44 bits per heavy atom. The molecule has 88 valence electrons. The highest BCUT2D eigenvalue weighted by atomic mass is 19.4. The van der Waals surface area contributed by atoms with Crippen LogP contribution in [-0.4, -0.2) is 12.1 Å². The van der Waals surface area contributed by atoms with E-state index in [4.69, 9.17) is 0 Å². The Morgan fingerprint density at radius 1 is 1.38 bits per heavy atom. The number of ether oxygens (including phenoxy) is 1. The topological polar surface area (TPSA) is 26.3 Å². The predicted molar refractivity (Wildman–Crippen MR) is 52.5 cm³/mol. The maximum Gasteiger partial charge on any atom is 0.573 e. The molecule has 0 radical (unpaired) electrons. The summed E-state index contributed by atoms with van der Waals surface area (Å²) >= 11 is 0. The molecule has 0 saturated carbocycles. The van der Waals surface area contributed by atoms with Gasteiger partial charge in [-0.25, -0.2) is 0 Å². The molecule has 0 aliphatic carbocycles. The minimum Gasteiger partial charge on any atom is -0.405 e. The SMILES string of the molecule is CCc1cccc(C(C)=O)c1OC(F)(F)F. The number of halogens is 3. The van der Waals surface area contributed by atoms with Crippen molar-refractivity contribution in [3.05, 3.63) is 29.3 Å². The number of hydrogen-bond donors (Lipinski definition) is 0. The van der Waals surface area contributed by atoms with Crippen molar-refractivity contribution >= 4 is 5.78 Å². The van der Waals surface area contributed by atoms with E-state index in [0.29, 0.717) is 12.0 Å². The van der Waals surface area contributed by atoms with Gasteiger partial charge >= 0.3 is 6.36 Å². The van der Waals surface area contributed by atoms with Crippen molar-refractivity contribution in [2.75, 3.05) is 0 Å². The van der Waals surface area contributed by atoms with Crippen molar-refractivity contribution in [3.8, 4) is 5.75 Å². The van der Waals surface area contributed by atoms with Gasteiger partial charge in [0.2, 0.25) is 0 Å². The Morgan fingerprint density at radius 2 is 2.00 bits per heavy atom. The molecule has 2 nitrogen and oxygen atoms in total. The van der Waals surface area contributed by atoms with E-state index in [1.54, 1.807) is 13.0 Å². The molecule has 1 rings (SSSR count). The number of benzene rings is 1. The number of rotatable bonds is 3. The Kier molecular flexibility index (Phi) is 3.57. The fourth-order valence-corrected chi connectivity index (χ4v) is 1.38. The van der Waals surface area contributed by atoms with Crippen LogP contribution in [0.25, 0.3) is 0 Å². The molecular weight excluding hydrogens is 221 g/mol. The highest BCUT2D eigenvalue weighted by molar-refractivity contribution is 5.97. The molecule has 0 bridgehead atoms. The molecule has 5 heteroatoms. The smallest absolute Gasteiger partial charge is 0.405 e. The minimum atomic E-state index is -4.78. The quantitative estimate of drug-likeness (QED) is 0.747. The molecule has 0 amide bonds. The molecule has 0 aliphatic rings. The second-order valence-corrected chi connectivity index (χ2v) is 3.25. The lowest BCUT2D eigenvalue weighted by Crippen LogP contribution is -2.19. The number of hydrogen-bond acceptors (Lipinski definition) is 2. The zero-order valence-corrected chi connectivity index (χ0v) is 8.89. The van der Waals surface area contributed by atoms with Crippen molar-refractivity contribution in [2.24, 2.45) is 0 Å². The van der Waals surface area contributed by atoms with Crippen LogP contribution in [0, 0.1) is 0 Å². The fourth-order valence-electron chi connectivity index (χ4n) is 1.38. The van der Waals surface area contributed by atoms with E-state index in [9.17, 15) is 18.0 Å². The number of carbonyl (C=O) groups excluding carboxylic acids is 1. The highest BCUT2D eigenvalue weighted by Gasteiger charge is 2.33. The highest BCUT2D eigenvalue weighted by Crippen LogP contribution is 2.30. The third-order valence-electron chi connectivity index (χ3n) is 2.07. The van der Waals surface area contributed by atoms with E-state index in [0.717, 1.165) is 0 Å². The van der Waals surface area contributed by atoms with Crippen LogP contribution in [0.5, 0.6) is 5.75 Å². The van der Waals surface area contributed by atoms with Gasteiger partial charge in [0.05, 0.1) is 5.56 Å². The normalized spacial score (nSPS) is 11.3. The minimum absolute atomic E-state index is 0.0447. The standard InChI is InChI=1S/C11H11F3O2/c1-3-8-5-4-6-9(7(2)15)10(8)16-11(12,13)14/h4-6H,3H2,1-2H3. The van der Waals surface area contributed by atoms with Gasteiger partial charge < -0.3 is 4.74 Å². The largest absolute Gasteiger partial charge is 0.573 e. The maximum atomic E-state index is 12.2. The van der Waals surface area contributed by atoms with Gasteiger partial charge in [0.25, 0.3) is 0 Å². The average molecular weight is 232 g/mol. The van der Waals surface area contributed by atoms with Crippen LogP contribution in [0.1, 0.15) is 29.8 Å². The molecule has 1 aromatic rings. The maximum absolute atomic E-state index is 12.2. The third kappa shape index (κ3) is 2.98. The van der Waals surface area contributed by atoms with E-state index in [1.165, 1.54) is 19.1 Å². The molecule has 0 unspecified atom stereocenters. The van der Waals surface area contributed by atoms with Gasteiger partial charge in [-0.3, -0.25) is 4.79 Å². The molecule has 0 heterocycles. The molecule has 0 atom stereocenters. The monoisotopic (exact) mass is 232 g/mol. The summed E-state index contributed by atoms with van der Waals surface area (Å²) in [5.74, 6) is -0.834. The van der Waals surface area contributed by atoms with Gasteiger partial charge in [0, 0.05) is 0 Å². The Bertz CT molecular complexity index is 397. The number of aryl methyl sites for hydroxylation is 1. The molecule has 0 aromatic heterocycles. The molecule has 0 fully saturated rings. The first-order chi connectivity index (χ1) is 7.35. The summed E-state index contributed by atoms with van der Waals surface area (Å²) in [4.78, 5) is 11.2. The summed E-state index contributed by atoms with van der Waals surface area (Å²) in [6, 6.07) is 4.37. The number of carbonyl (C=O) groups is 1. The van der Waals surface area contributed by atoms with Crippen molar-refractivity contribution in [2.45, 2.75) is 26.6 Å². The molecular formula is C11H11F3O2. The van der Waals surface area contributed by atoms with E-state index in [1.807, 2.05) is 0 Å². The fraction of sp³-hybridized carbons (Fsp3) is 0.364. The van der Waals surface area contributed by atoms with Gasteiger partial charge in [0.15, 0.2) is 5.78 Å². The number of para-hydroxylation sites is 1. The molecule has 1 aromatic carbocycles. The van der Waals surface area contributed by atoms with E-state index < -0.39 is 12.1 Å². The second kappa shape index (κ2) is 4.55. The lowest BCUT2D eigenvalue weighted by atomic mass is 10.0. The van der Waals surface area contributed by atoms with Crippen molar-refractivity contribution in [1.82, 2.24) is 0 Å². The lowest BCUT2D eigenvalue weighted by Gasteiger charge is -2.15. The van der Waals surface area contributed by atoms with Crippen LogP contribution in [0.4, 0.5) is 13.2 Å². The van der Waals surface area contributed by atoms with Crippen LogP contribution in [-0.2, 0) is 6.42 Å². The Balaban J connectivity index is 3.25. The van der Waals surface area contributed by atoms with Crippen LogP contribution < -0.4 is 4.74 Å². The van der Waals surface area contributed by atoms with Gasteiger partial charge in [-0.15, -0.1) is 13.2 Å². The van der Waals surface area contributed by atoms with Gasteiger partial charge in [-0.05, 0) is 25.0 Å². The van der Waals surface area contributed by atoms with E-state index in [-0.39, 0.29) is 11.3 Å². The van der Waals surface area contributed by atoms with Crippen molar-refractivity contribution in [3.63, 3.8) is 0 Å². The Hall–Kier alpha value is -1.52. The summed E-state index contributed by atoms with van der Waals surface area (Å²) in [6.07, 6.45) is -4.41. The zero-order chi connectivity index (χ0) is 12.3. The van der Waals surface area contributed by atoms with Gasteiger partial charge in [-0.1, -0.05) is 19.1 Å². The molecule has 0 spiro atoms. The van der Waals surface area contributed by atoms with Crippen molar-refractivity contribution in [1.29, 1.82) is 0 Å². The summed E-state index contributed by atoms with van der Waals surface area (Å²) in [5, 5.41) is 0. The van der Waals surface area contributed by atoms with Crippen molar-refractivity contribution < 1.29 is 22.7 Å². The first-order valence-corrected chi connectivity index (χ1v) is 4.73. The van der Waals surface area contributed by atoms with E-state index >= 15 is 0 Å². The van der Waals surface area contributed by atoms with E-state index in [2.05, 4.69) is 4.74 Å². The second-order valence-electron chi connectivity index (χ2n) is 3.25. The first-order valence-electron chi connectivity index (χ1n) is 4.73. The summed E-state index contributed by atoms with van der Waals surface area (Å²) < 4.78 is 40.4.